The number of methoxy groups -OCH3 is 1. The second-order valence-corrected chi connectivity index (χ2v) is 9.62. The van der Waals surface area contributed by atoms with Gasteiger partial charge < -0.3 is 25.0 Å². The zero-order valence-corrected chi connectivity index (χ0v) is 22.3. The van der Waals surface area contributed by atoms with Crippen molar-refractivity contribution in [1.82, 2.24) is 15.5 Å². The van der Waals surface area contributed by atoms with Crippen LogP contribution in [-0.2, 0) is 30.3 Å². The molecular weight excluding hydrogens is 488 g/mol. The van der Waals surface area contributed by atoms with E-state index in [-0.39, 0.29) is 6.42 Å². The number of aryl methyl sites for hydroxylation is 1. The van der Waals surface area contributed by atoms with Crippen molar-refractivity contribution in [2.75, 3.05) is 20.2 Å². The highest BCUT2D eigenvalue weighted by molar-refractivity contribution is 5.93. The number of ether oxygens (including phenoxy) is 2. The van der Waals surface area contributed by atoms with Gasteiger partial charge in [-0.25, -0.2) is 4.79 Å². The van der Waals surface area contributed by atoms with Crippen molar-refractivity contribution in [3.63, 3.8) is 0 Å². The van der Waals surface area contributed by atoms with E-state index in [0.717, 1.165) is 16.0 Å². The van der Waals surface area contributed by atoms with Crippen LogP contribution >= 0.6 is 0 Å². The van der Waals surface area contributed by atoms with Crippen LogP contribution in [0.2, 0.25) is 0 Å². The third-order valence-electron chi connectivity index (χ3n) is 5.38. The highest BCUT2D eigenvalue weighted by atomic mass is 16.6. The maximum Gasteiger partial charge on any atom is 0.408 e. The average Bonchev–Trinajstić information content (AvgIpc) is 2.86. The molecule has 2 atom stereocenters. The van der Waals surface area contributed by atoms with Crippen LogP contribution in [0.25, 0.3) is 0 Å². The third-order valence-corrected chi connectivity index (χ3v) is 5.38. The number of nitriles is 1. The van der Waals surface area contributed by atoms with Crippen molar-refractivity contribution in [3.05, 3.63) is 71.3 Å². The van der Waals surface area contributed by atoms with E-state index >= 15 is 0 Å². The molecule has 0 heterocycles. The number of esters is 1. The normalized spacial score (nSPS) is 12.3. The Morgan fingerprint density at radius 3 is 2.21 bits per heavy atom. The summed E-state index contributed by atoms with van der Waals surface area (Å²) in [5.41, 5.74) is 1.29. The van der Waals surface area contributed by atoms with E-state index < -0.39 is 54.7 Å². The number of carbonyl (C=O) groups excluding carboxylic acids is 4. The fourth-order valence-electron chi connectivity index (χ4n) is 3.62. The summed E-state index contributed by atoms with van der Waals surface area (Å²) in [6.45, 7) is 6.08. The quantitative estimate of drug-likeness (QED) is 0.361. The molecule has 0 spiro atoms. The van der Waals surface area contributed by atoms with Crippen molar-refractivity contribution in [2.24, 2.45) is 0 Å². The molecular formula is C28H34N4O6. The molecule has 3 amide bonds. The standard InChI is InChI=1S/C28H34N4O6/c1-19-11-13-21(14-12-19)24(25(34)30-18-23(33)37-5)32(16-15-29)26(35)22(17-20-9-7-6-8-10-20)31-27(36)38-28(2,3)4/h6-14,22,24H,16-18H2,1-5H3,(H,30,34)(H,31,36). The Labute approximate surface area is 222 Å². The molecule has 0 saturated carbocycles. The van der Waals surface area contributed by atoms with Crippen LogP contribution in [0.3, 0.4) is 0 Å². The Bertz CT molecular complexity index is 1150. The lowest BCUT2D eigenvalue weighted by molar-refractivity contribution is -0.144. The van der Waals surface area contributed by atoms with Crippen molar-refractivity contribution in [1.29, 1.82) is 5.26 Å². The number of alkyl carbamates (subject to hydrolysis) is 1. The van der Waals surface area contributed by atoms with Gasteiger partial charge in [0.25, 0.3) is 0 Å². The molecule has 0 aromatic heterocycles. The predicted octanol–water partition coefficient (Wildman–Crippen LogP) is 2.81. The zero-order chi connectivity index (χ0) is 28.3. The number of nitrogens with zero attached hydrogens (tertiary/aromatic N) is 2. The molecule has 0 aliphatic carbocycles. The van der Waals surface area contributed by atoms with Crippen molar-refractivity contribution in [3.8, 4) is 6.07 Å². The van der Waals surface area contributed by atoms with Crippen molar-refractivity contribution in [2.45, 2.75) is 51.8 Å². The van der Waals surface area contributed by atoms with E-state index in [2.05, 4.69) is 15.4 Å². The van der Waals surface area contributed by atoms with Gasteiger partial charge in [0.05, 0.1) is 13.2 Å². The largest absolute Gasteiger partial charge is 0.468 e. The molecule has 10 heteroatoms. The van der Waals surface area contributed by atoms with Gasteiger partial charge >= 0.3 is 12.1 Å². The number of hydrogen-bond acceptors (Lipinski definition) is 7. The van der Waals surface area contributed by atoms with Crippen LogP contribution in [-0.4, -0.2) is 60.6 Å². The molecule has 38 heavy (non-hydrogen) atoms. The van der Waals surface area contributed by atoms with Crippen LogP contribution in [0.15, 0.2) is 54.6 Å². The number of rotatable bonds is 10. The minimum Gasteiger partial charge on any atom is -0.468 e. The van der Waals surface area contributed by atoms with Gasteiger partial charge in [0.15, 0.2) is 0 Å². The molecule has 2 rings (SSSR count). The third kappa shape index (κ3) is 9.24. The monoisotopic (exact) mass is 522 g/mol. The molecule has 0 fully saturated rings. The van der Waals surface area contributed by atoms with Gasteiger partial charge in [0.2, 0.25) is 11.8 Å². The first kappa shape index (κ1) is 29.8. The summed E-state index contributed by atoms with van der Waals surface area (Å²) < 4.78 is 9.96. The lowest BCUT2D eigenvalue weighted by atomic mass is 9.99. The molecule has 2 aromatic rings. The highest BCUT2D eigenvalue weighted by Gasteiger charge is 2.36. The lowest BCUT2D eigenvalue weighted by Gasteiger charge is -2.33. The van der Waals surface area contributed by atoms with Gasteiger partial charge in [0, 0.05) is 6.42 Å². The maximum atomic E-state index is 14.0. The topological polar surface area (TPSA) is 138 Å². The average molecular weight is 523 g/mol. The molecule has 2 aromatic carbocycles. The van der Waals surface area contributed by atoms with Crippen LogP contribution in [0.4, 0.5) is 4.79 Å². The van der Waals surface area contributed by atoms with Crippen LogP contribution in [0.1, 0.15) is 43.5 Å². The lowest BCUT2D eigenvalue weighted by Crippen LogP contribution is -2.54. The molecule has 0 bridgehead atoms. The number of carbonyl (C=O) groups is 4. The minimum absolute atomic E-state index is 0.0885. The minimum atomic E-state index is -1.26. The smallest absolute Gasteiger partial charge is 0.408 e. The Kier molecular flexibility index (Phi) is 10.8. The molecule has 0 saturated heterocycles. The Hall–Kier alpha value is -4.39. The number of amides is 3. The van der Waals surface area contributed by atoms with Gasteiger partial charge in [-0.3, -0.25) is 14.4 Å². The van der Waals surface area contributed by atoms with Crippen LogP contribution < -0.4 is 10.6 Å². The highest BCUT2D eigenvalue weighted by Crippen LogP contribution is 2.24. The summed E-state index contributed by atoms with van der Waals surface area (Å²) in [5.74, 6) is -2.02. The second kappa shape index (κ2) is 13.8. The zero-order valence-electron chi connectivity index (χ0n) is 22.3. The van der Waals surface area contributed by atoms with E-state index in [4.69, 9.17) is 4.74 Å². The van der Waals surface area contributed by atoms with Crippen LogP contribution in [0.5, 0.6) is 0 Å². The fourth-order valence-corrected chi connectivity index (χ4v) is 3.62. The van der Waals surface area contributed by atoms with Crippen molar-refractivity contribution < 1.29 is 28.7 Å². The summed E-state index contributed by atoms with van der Waals surface area (Å²) in [6.07, 6.45) is -0.726. The molecule has 2 N–H and O–H groups in total. The number of benzene rings is 2. The SMILES string of the molecule is COC(=O)CNC(=O)C(c1ccc(C)cc1)N(CC#N)C(=O)C(Cc1ccccc1)NC(=O)OC(C)(C)C. The maximum absolute atomic E-state index is 14.0. The van der Waals surface area contributed by atoms with E-state index in [1.54, 1.807) is 69.3 Å². The second-order valence-electron chi connectivity index (χ2n) is 9.62. The van der Waals surface area contributed by atoms with Gasteiger partial charge in [-0.15, -0.1) is 0 Å². The predicted molar refractivity (Wildman–Crippen MR) is 140 cm³/mol. The number of hydrogen-bond donors (Lipinski definition) is 2. The van der Waals surface area contributed by atoms with Gasteiger partial charge in [0.1, 0.15) is 30.8 Å². The Morgan fingerprint density at radius 1 is 1.03 bits per heavy atom. The summed E-state index contributed by atoms with van der Waals surface area (Å²) in [4.78, 5) is 52.7. The molecule has 10 nitrogen and oxygen atoms in total. The van der Waals surface area contributed by atoms with Crippen molar-refractivity contribution >= 4 is 23.9 Å². The van der Waals surface area contributed by atoms with E-state index in [1.807, 2.05) is 19.1 Å². The van der Waals surface area contributed by atoms with E-state index in [9.17, 15) is 24.4 Å². The molecule has 202 valence electrons. The summed E-state index contributed by atoms with van der Waals surface area (Å²) in [7, 11) is 1.19. The Morgan fingerprint density at radius 2 is 1.66 bits per heavy atom. The summed E-state index contributed by atoms with van der Waals surface area (Å²) in [5, 5.41) is 14.7. The van der Waals surface area contributed by atoms with Gasteiger partial charge in [-0.05, 0) is 38.8 Å². The van der Waals surface area contributed by atoms with Gasteiger partial charge in [-0.1, -0.05) is 60.2 Å². The summed E-state index contributed by atoms with van der Waals surface area (Å²) in [6, 6.07) is 15.4. The van der Waals surface area contributed by atoms with Crippen LogP contribution in [0, 0.1) is 18.3 Å². The number of nitrogens with one attached hydrogen (secondary N) is 2. The molecule has 0 radical (unpaired) electrons. The van der Waals surface area contributed by atoms with Gasteiger partial charge in [-0.2, -0.15) is 5.26 Å². The van der Waals surface area contributed by atoms with E-state index in [0.29, 0.717) is 5.56 Å². The molecule has 0 aliphatic rings. The molecule has 0 aliphatic heterocycles. The fraction of sp³-hybridized carbons (Fsp3) is 0.393. The van der Waals surface area contributed by atoms with E-state index in [1.165, 1.54) is 7.11 Å². The first-order chi connectivity index (χ1) is 17.9. The first-order valence-electron chi connectivity index (χ1n) is 12.1. The molecule has 2 unspecified atom stereocenters. The summed E-state index contributed by atoms with van der Waals surface area (Å²) >= 11 is 0. The first-order valence-corrected chi connectivity index (χ1v) is 12.1. The Balaban J connectivity index is 2.49.